The van der Waals surface area contributed by atoms with Gasteiger partial charge >= 0.3 is 0 Å². The first-order valence-electron chi connectivity index (χ1n) is 6.10. The third kappa shape index (κ3) is 4.89. The van der Waals surface area contributed by atoms with Crippen LogP contribution in [0.15, 0.2) is 18.2 Å². The highest BCUT2D eigenvalue weighted by Crippen LogP contribution is 2.23. The van der Waals surface area contributed by atoms with Crippen molar-refractivity contribution in [1.29, 1.82) is 0 Å². The number of benzene rings is 1. The largest absolute Gasteiger partial charge is 0.355 e. The quantitative estimate of drug-likeness (QED) is 0.695. The average molecular weight is 284 g/mol. The molecule has 0 aliphatic rings. The second-order valence-corrected chi connectivity index (χ2v) is 4.33. The van der Waals surface area contributed by atoms with Gasteiger partial charge in [0.2, 0.25) is 5.91 Å². The molecule has 0 spiro atoms. The predicted molar refractivity (Wildman–Crippen MR) is 76.6 cm³/mol. The van der Waals surface area contributed by atoms with Crippen LogP contribution in [-0.2, 0) is 4.79 Å². The summed E-state index contributed by atoms with van der Waals surface area (Å²) < 4.78 is 0. The number of carbonyl (C=O) groups is 2. The van der Waals surface area contributed by atoms with Gasteiger partial charge in [-0.05, 0) is 24.7 Å². The molecule has 0 aromatic heterocycles. The van der Waals surface area contributed by atoms with Crippen LogP contribution in [0.25, 0.3) is 0 Å². The SMILES string of the molecule is CCNCCC(=O)Nc1cc(C(=O)NC)ccc1Cl. The van der Waals surface area contributed by atoms with Crippen molar-refractivity contribution in [2.24, 2.45) is 0 Å². The standard InChI is InChI=1S/C13H18ClN3O2/c1-3-16-7-6-12(18)17-11-8-9(13(19)15-2)4-5-10(11)14/h4-5,8,16H,3,6-7H2,1-2H3,(H,15,19)(H,17,18). The highest BCUT2D eigenvalue weighted by molar-refractivity contribution is 6.33. The van der Waals surface area contributed by atoms with Gasteiger partial charge in [-0.3, -0.25) is 9.59 Å². The van der Waals surface area contributed by atoms with Gasteiger partial charge in [-0.25, -0.2) is 0 Å². The first-order chi connectivity index (χ1) is 9.08. The van der Waals surface area contributed by atoms with Crippen LogP contribution in [0.2, 0.25) is 5.02 Å². The summed E-state index contributed by atoms with van der Waals surface area (Å²) in [5.74, 6) is -0.364. The van der Waals surface area contributed by atoms with E-state index in [1.807, 2.05) is 6.92 Å². The van der Waals surface area contributed by atoms with Crippen molar-refractivity contribution in [3.63, 3.8) is 0 Å². The fraction of sp³-hybridized carbons (Fsp3) is 0.385. The lowest BCUT2D eigenvalue weighted by atomic mass is 10.2. The molecule has 0 saturated heterocycles. The summed E-state index contributed by atoms with van der Waals surface area (Å²) in [6, 6.07) is 4.76. The van der Waals surface area contributed by atoms with Crippen molar-refractivity contribution in [3.05, 3.63) is 28.8 Å². The summed E-state index contributed by atoms with van der Waals surface area (Å²) in [6.45, 7) is 3.40. The molecule has 6 heteroatoms. The Morgan fingerprint density at radius 3 is 2.68 bits per heavy atom. The highest BCUT2D eigenvalue weighted by Gasteiger charge is 2.09. The molecule has 0 fully saturated rings. The fourth-order valence-corrected chi connectivity index (χ4v) is 1.66. The van der Waals surface area contributed by atoms with E-state index in [0.29, 0.717) is 29.2 Å². The number of hydrogen-bond acceptors (Lipinski definition) is 3. The van der Waals surface area contributed by atoms with Crippen molar-refractivity contribution in [1.82, 2.24) is 10.6 Å². The van der Waals surface area contributed by atoms with Gasteiger partial charge < -0.3 is 16.0 Å². The number of anilines is 1. The summed E-state index contributed by atoms with van der Waals surface area (Å²) in [5, 5.41) is 8.68. The lowest BCUT2D eigenvalue weighted by molar-refractivity contribution is -0.116. The van der Waals surface area contributed by atoms with E-state index in [-0.39, 0.29) is 11.8 Å². The van der Waals surface area contributed by atoms with Gasteiger partial charge in [0.1, 0.15) is 0 Å². The zero-order valence-corrected chi connectivity index (χ0v) is 11.8. The van der Waals surface area contributed by atoms with Crippen molar-refractivity contribution < 1.29 is 9.59 Å². The monoisotopic (exact) mass is 283 g/mol. The van der Waals surface area contributed by atoms with Crippen LogP contribution in [0.5, 0.6) is 0 Å². The molecule has 0 saturated carbocycles. The molecular weight excluding hydrogens is 266 g/mol. The maximum absolute atomic E-state index is 11.7. The van der Waals surface area contributed by atoms with Gasteiger partial charge in [0.05, 0.1) is 10.7 Å². The van der Waals surface area contributed by atoms with E-state index in [1.165, 1.54) is 0 Å². The van der Waals surface area contributed by atoms with E-state index in [0.717, 1.165) is 6.54 Å². The summed E-state index contributed by atoms with van der Waals surface area (Å²) in [5.41, 5.74) is 0.901. The molecule has 3 N–H and O–H groups in total. The molecule has 2 amide bonds. The van der Waals surface area contributed by atoms with Crippen LogP contribution in [-0.4, -0.2) is 32.0 Å². The summed E-state index contributed by atoms with van der Waals surface area (Å²) >= 11 is 5.99. The first-order valence-corrected chi connectivity index (χ1v) is 6.48. The highest BCUT2D eigenvalue weighted by atomic mass is 35.5. The lowest BCUT2D eigenvalue weighted by Crippen LogP contribution is -2.22. The second kappa shape index (κ2) is 7.76. The molecule has 5 nitrogen and oxygen atoms in total. The molecule has 0 atom stereocenters. The molecule has 0 radical (unpaired) electrons. The van der Waals surface area contributed by atoms with E-state index in [1.54, 1.807) is 25.2 Å². The molecule has 1 aromatic rings. The van der Waals surface area contributed by atoms with E-state index >= 15 is 0 Å². The number of carbonyl (C=O) groups excluding carboxylic acids is 2. The number of hydrogen-bond donors (Lipinski definition) is 3. The maximum Gasteiger partial charge on any atom is 0.251 e. The molecule has 1 aromatic carbocycles. The van der Waals surface area contributed by atoms with Gasteiger partial charge in [0.15, 0.2) is 0 Å². The van der Waals surface area contributed by atoms with Crippen molar-refractivity contribution in [3.8, 4) is 0 Å². The molecule has 104 valence electrons. The van der Waals surface area contributed by atoms with Gasteiger partial charge in [-0.1, -0.05) is 18.5 Å². The first kappa shape index (κ1) is 15.5. The topological polar surface area (TPSA) is 70.2 Å². The molecule has 0 bridgehead atoms. The van der Waals surface area contributed by atoms with Crippen LogP contribution in [0.1, 0.15) is 23.7 Å². The molecule has 0 aliphatic carbocycles. The Morgan fingerprint density at radius 1 is 1.32 bits per heavy atom. The maximum atomic E-state index is 11.7. The van der Waals surface area contributed by atoms with E-state index in [4.69, 9.17) is 11.6 Å². The number of nitrogens with one attached hydrogen (secondary N) is 3. The Labute approximate surface area is 117 Å². The molecule has 0 aliphatic heterocycles. The van der Waals surface area contributed by atoms with E-state index < -0.39 is 0 Å². The summed E-state index contributed by atoms with van der Waals surface area (Å²) in [7, 11) is 1.55. The summed E-state index contributed by atoms with van der Waals surface area (Å²) in [6.07, 6.45) is 0.356. The normalized spacial score (nSPS) is 10.1. The third-order valence-corrected chi connectivity index (χ3v) is 2.84. The zero-order valence-electron chi connectivity index (χ0n) is 11.0. The number of rotatable bonds is 6. The molecule has 0 heterocycles. The van der Waals surface area contributed by atoms with Crippen molar-refractivity contribution in [2.45, 2.75) is 13.3 Å². The van der Waals surface area contributed by atoms with Gasteiger partial charge in [0, 0.05) is 25.6 Å². The minimum Gasteiger partial charge on any atom is -0.355 e. The Morgan fingerprint density at radius 2 is 2.05 bits per heavy atom. The van der Waals surface area contributed by atoms with E-state index in [2.05, 4.69) is 16.0 Å². The molecular formula is C13H18ClN3O2. The van der Waals surface area contributed by atoms with E-state index in [9.17, 15) is 9.59 Å². The smallest absolute Gasteiger partial charge is 0.251 e. The average Bonchev–Trinajstić information content (AvgIpc) is 2.40. The van der Waals surface area contributed by atoms with Gasteiger partial charge in [0.25, 0.3) is 5.91 Å². The Balaban J connectivity index is 2.71. The second-order valence-electron chi connectivity index (χ2n) is 3.93. The van der Waals surface area contributed by atoms with Crippen LogP contribution >= 0.6 is 11.6 Å². The number of amides is 2. The Hall–Kier alpha value is -1.59. The van der Waals surface area contributed by atoms with Gasteiger partial charge in [-0.2, -0.15) is 0 Å². The minimum atomic E-state index is -0.222. The van der Waals surface area contributed by atoms with Gasteiger partial charge in [-0.15, -0.1) is 0 Å². The van der Waals surface area contributed by atoms with Crippen LogP contribution in [0, 0.1) is 0 Å². The molecule has 19 heavy (non-hydrogen) atoms. The fourth-order valence-electron chi connectivity index (χ4n) is 1.50. The third-order valence-electron chi connectivity index (χ3n) is 2.51. The van der Waals surface area contributed by atoms with Crippen LogP contribution in [0.3, 0.4) is 0 Å². The molecule has 1 rings (SSSR count). The lowest BCUT2D eigenvalue weighted by Gasteiger charge is -2.09. The predicted octanol–water partition coefficient (Wildman–Crippen LogP) is 1.64. The van der Waals surface area contributed by atoms with Crippen molar-refractivity contribution >= 4 is 29.1 Å². The number of halogens is 1. The Kier molecular flexibility index (Phi) is 6.32. The molecule has 0 unspecified atom stereocenters. The summed E-state index contributed by atoms with van der Waals surface area (Å²) in [4.78, 5) is 23.2. The van der Waals surface area contributed by atoms with Crippen molar-refractivity contribution in [2.75, 3.05) is 25.5 Å². The zero-order chi connectivity index (χ0) is 14.3. The Bertz CT molecular complexity index is 463. The van der Waals surface area contributed by atoms with Crippen LogP contribution in [0.4, 0.5) is 5.69 Å². The van der Waals surface area contributed by atoms with Crippen LogP contribution < -0.4 is 16.0 Å². The minimum absolute atomic E-state index is 0.142.